The number of aliphatic hydroxyl groups excluding tert-OH is 1. The molecule has 33 heavy (non-hydrogen) atoms. The van der Waals surface area contributed by atoms with Gasteiger partial charge >= 0.3 is 6.36 Å². The summed E-state index contributed by atoms with van der Waals surface area (Å²) in [4.78, 5) is 12.9. The number of hydrogen-bond acceptors (Lipinski definition) is 5. The molecule has 3 rings (SSSR count). The fraction of sp³-hybridized carbons (Fsp3) is 0.208. The van der Waals surface area contributed by atoms with Gasteiger partial charge in [-0.15, -0.1) is 13.2 Å². The van der Waals surface area contributed by atoms with E-state index in [0.717, 1.165) is 17.7 Å². The van der Waals surface area contributed by atoms with Gasteiger partial charge in [-0.25, -0.2) is 0 Å². The van der Waals surface area contributed by atoms with Crippen LogP contribution in [0.1, 0.15) is 27.9 Å². The summed E-state index contributed by atoms with van der Waals surface area (Å²) in [5, 5.41) is 11.7. The molecule has 0 fully saturated rings. The monoisotopic (exact) mass is 460 g/mol. The molecule has 0 aliphatic heterocycles. The van der Waals surface area contributed by atoms with Crippen molar-refractivity contribution >= 4 is 11.6 Å². The minimum Gasteiger partial charge on any atom is -0.457 e. The van der Waals surface area contributed by atoms with E-state index in [1.807, 2.05) is 30.3 Å². The van der Waals surface area contributed by atoms with Gasteiger partial charge in [-0.05, 0) is 36.2 Å². The summed E-state index contributed by atoms with van der Waals surface area (Å²) in [5.41, 5.74) is 7.91. The maximum Gasteiger partial charge on any atom is 0.573 e. The fourth-order valence-corrected chi connectivity index (χ4v) is 3.22. The normalized spacial score (nSPS) is 11.2. The van der Waals surface area contributed by atoms with Crippen LogP contribution in [0.15, 0.2) is 66.7 Å². The van der Waals surface area contributed by atoms with E-state index in [2.05, 4.69) is 10.1 Å². The van der Waals surface area contributed by atoms with Crippen LogP contribution in [0.2, 0.25) is 0 Å². The van der Waals surface area contributed by atoms with Gasteiger partial charge in [-0.3, -0.25) is 4.79 Å². The highest BCUT2D eigenvalue weighted by atomic mass is 19.4. The first-order valence-electron chi connectivity index (χ1n) is 10.1. The minimum absolute atomic E-state index is 0.0773. The molecule has 3 aromatic carbocycles. The van der Waals surface area contributed by atoms with Gasteiger partial charge in [-0.1, -0.05) is 36.4 Å². The number of amides is 1. The summed E-state index contributed by atoms with van der Waals surface area (Å²) in [6.07, 6.45) is -4.16. The summed E-state index contributed by atoms with van der Waals surface area (Å²) in [5.74, 6) is -0.500. The molecule has 6 nitrogen and oxygen atoms in total. The molecule has 0 aromatic heterocycles. The average Bonchev–Trinajstić information content (AvgIpc) is 2.76. The van der Waals surface area contributed by atoms with Crippen molar-refractivity contribution in [3.05, 3.63) is 83.4 Å². The molecule has 4 N–H and O–H groups in total. The van der Waals surface area contributed by atoms with Crippen LogP contribution in [0, 0.1) is 0 Å². The zero-order valence-electron chi connectivity index (χ0n) is 17.6. The largest absolute Gasteiger partial charge is 0.573 e. The van der Waals surface area contributed by atoms with E-state index in [9.17, 15) is 18.0 Å². The van der Waals surface area contributed by atoms with E-state index in [0.29, 0.717) is 18.4 Å². The number of nitrogens with two attached hydrogens (primary N) is 1. The minimum atomic E-state index is -4.84. The summed E-state index contributed by atoms with van der Waals surface area (Å²) < 4.78 is 47.6. The lowest BCUT2D eigenvalue weighted by Gasteiger charge is -2.18. The summed E-state index contributed by atoms with van der Waals surface area (Å²) in [7, 11) is 0. The first-order valence-corrected chi connectivity index (χ1v) is 10.1. The molecule has 0 atom stereocenters. The molecule has 0 unspecified atom stereocenters. The van der Waals surface area contributed by atoms with Gasteiger partial charge in [0.1, 0.15) is 17.2 Å². The standard InChI is InChI=1S/C24H23F3N2O4/c25-24(26,27)33-18-9-4-8-17(15-18)32-21-11-10-20(28)22(23(31)29-12-5-13-30)19(21)14-16-6-2-1-3-7-16/h1-4,6-11,15,30H,5,12-14,28H2,(H,29,31). The maximum atomic E-state index is 12.9. The second-order valence-electron chi connectivity index (χ2n) is 7.13. The van der Waals surface area contributed by atoms with Gasteiger partial charge < -0.3 is 25.6 Å². The van der Waals surface area contributed by atoms with Crippen LogP contribution in [0.25, 0.3) is 0 Å². The van der Waals surface area contributed by atoms with Gasteiger partial charge in [0.05, 0.1) is 5.56 Å². The molecule has 174 valence electrons. The third kappa shape index (κ3) is 6.88. The maximum absolute atomic E-state index is 12.9. The number of carbonyl (C=O) groups is 1. The molecule has 0 saturated carbocycles. The topological polar surface area (TPSA) is 93.8 Å². The van der Waals surface area contributed by atoms with Gasteiger partial charge in [0.2, 0.25) is 0 Å². The Bertz CT molecular complexity index is 1090. The number of halogens is 3. The molecule has 0 spiro atoms. The van der Waals surface area contributed by atoms with Crippen LogP contribution in [0.5, 0.6) is 17.2 Å². The number of nitrogen functional groups attached to an aromatic ring is 1. The number of nitrogens with one attached hydrogen (secondary N) is 1. The third-order valence-corrected chi connectivity index (χ3v) is 4.64. The van der Waals surface area contributed by atoms with Crippen molar-refractivity contribution in [3.8, 4) is 17.2 Å². The number of aliphatic hydroxyl groups is 1. The van der Waals surface area contributed by atoms with Crippen LogP contribution in [0.4, 0.5) is 18.9 Å². The van der Waals surface area contributed by atoms with E-state index >= 15 is 0 Å². The van der Waals surface area contributed by atoms with Gasteiger partial charge in [-0.2, -0.15) is 0 Å². The average molecular weight is 460 g/mol. The van der Waals surface area contributed by atoms with E-state index in [1.165, 1.54) is 18.2 Å². The Morgan fingerprint density at radius 1 is 1.00 bits per heavy atom. The van der Waals surface area contributed by atoms with Crippen molar-refractivity contribution in [3.63, 3.8) is 0 Å². The predicted octanol–water partition coefficient (Wildman–Crippen LogP) is 4.66. The highest BCUT2D eigenvalue weighted by Crippen LogP contribution is 2.35. The van der Waals surface area contributed by atoms with Crippen LogP contribution in [0.3, 0.4) is 0 Å². The first-order chi connectivity index (χ1) is 15.8. The van der Waals surface area contributed by atoms with Gasteiger partial charge in [0.15, 0.2) is 0 Å². The Labute approximate surface area is 188 Å². The van der Waals surface area contributed by atoms with E-state index < -0.39 is 18.0 Å². The molecule has 0 saturated heterocycles. The highest BCUT2D eigenvalue weighted by molar-refractivity contribution is 6.01. The molecule has 0 radical (unpaired) electrons. The zero-order valence-corrected chi connectivity index (χ0v) is 17.6. The number of anilines is 1. The number of ether oxygens (including phenoxy) is 2. The fourth-order valence-electron chi connectivity index (χ4n) is 3.22. The molecule has 0 aliphatic rings. The lowest BCUT2D eigenvalue weighted by atomic mass is 9.96. The second kappa shape index (κ2) is 10.7. The SMILES string of the molecule is Nc1ccc(Oc2cccc(OC(F)(F)F)c2)c(Cc2ccccc2)c1C(=O)NCCCO. The molecular formula is C24H23F3N2O4. The van der Waals surface area contributed by atoms with Crippen LogP contribution < -0.4 is 20.5 Å². The molecule has 1 amide bonds. The highest BCUT2D eigenvalue weighted by Gasteiger charge is 2.31. The zero-order chi connectivity index (χ0) is 23.8. The molecular weight excluding hydrogens is 437 g/mol. The summed E-state index contributed by atoms with van der Waals surface area (Å²) in [6.45, 7) is 0.174. The van der Waals surface area contributed by atoms with Crippen molar-refractivity contribution in [2.24, 2.45) is 0 Å². The van der Waals surface area contributed by atoms with Crippen molar-refractivity contribution in [2.75, 3.05) is 18.9 Å². The summed E-state index contributed by atoms with van der Waals surface area (Å²) in [6, 6.07) is 17.5. The lowest BCUT2D eigenvalue weighted by Crippen LogP contribution is -2.27. The number of carbonyl (C=O) groups excluding carboxylic acids is 1. The Balaban J connectivity index is 1.99. The quantitative estimate of drug-likeness (QED) is 0.319. The lowest BCUT2D eigenvalue weighted by molar-refractivity contribution is -0.274. The van der Waals surface area contributed by atoms with Crippen LogP contribution in [-0.2, 0) is 6.42 Å². The first kappa shape index (κ1) is 23.9. The second-order valence-corrected chi connectivity index (χ2v) is 7.13. The van der Waals surface area contributed by atoms with E-state index in [4.69, 9.17) is 15.6 Å². The number of rotatable bonds is 9. The van der Waals surface area contributed by atoms with Crippen LogP contribution in [-0.4, -0.2) is 30.5 Å². The molecule has 0 heterocycles. The molecule has 9 heteroatoms. The Kier molecular flexibility index (Phi) is 7.78. The third-order valence-electron chi connectivity index (χ3n) is 4.64. The Morgan fingerprint density at radius 3 is 2.42 bits per heavy atom. The van der Waals surface area contributed by atoms with E-state index in [-0.39, 0.29) is 35.9 Å². The molecule has 3 aromatic rings. The Morgan fingerprint density at radius 2 is 1.73 bits per heavy atom. The van der Waals surface area contributed by atoms with Gasteiger partial charge in [0.25, 0.3) is 5.91 Å². The smallest absolute Gasteiger partial charge is 0.457 e. The Hall–Kier alpha value is -3.72. The van der Waals surface area contributed by atoms with E-state index in [1.54, 1.807) is 6.07 Å². The van der Waals surface area contributed by atoms with Crippen molar-refractivity contribution in [2.45, 2.75) is 19.2 Å². The number of hydrogen-bond donors (Lipinski definition) is 3. The number of alkyl halides is 3. The van der Waals surface area contributed by atoms with Crippen molar-refractivity contribution in [1.82, 2.24) is 5.32 Å². The van der Waals surface area contributed by atoms with Crippen molar-refractivity contribution < 1.29 is 32.5 Å². The molecule has 0 bridgehead atoms. The van der Waals surface area contributed by atoms with Crippen molar-refractivity contribution in [1.29, 1.82) is 0 Å². The summed E-state index contributed by atoms with van der Waals surface area (Å²) >= 11 is 0. The predicted molar refractivity (Wildman–Crippen MR) is 117 cm³/mol. The van der Waals surface area contributed by atoms with Crippen LogP contribution >= 0.6 is 0 Å². The van der Waals surface area contributed by atoms with Gasteiger partial charge in [0, 0.05) is 36.9 Å². The molecule has 0 aliphatic carbocycles. The number of benzene rings is 3.